The van der Waals surface area contributed by atoms with Crippen LogP contribution in [0, 0.1) is 0 Å². The summed E-state index contributed by atoms with van der Waals surface area (Å²) in [7, 11) is 0. The van der Waals surface area contributed by atoms with Crippen molar-refractivity contribution in [2.45, 2.75) is 5.41 Å². The molecule has 282 valence electrons. The number of benzene rings is 10. The van der Waals surface area contributed by atoms with Crippen LogP contribution < -0.4 is 4.90 Å². The van der Waals surface area contributed by atoms with E-state index in [0.717, 1.165) is 17.1 Å². The quantitative estimate of drug-likeness (QED) is 0.149. The van der Waals surface area contributed by atoms with E-state index in [1.54, 1.807) is 0 Å². The molecule has 1 aliphatic rings. The summed E-state index contributed by atoms with van der Waals surface area (Å²) in [6, 6.07) is 90.9. The molecule has 0 heterocycles. The minimum absolute atomic E-state index is 0.442. The van der Waals surface area contributed by atoms with Gasteiger partial charge < -0.3 is 4.90 Å². The molecule has 0 spiro atoms. The lowest BCUT2D eigenvalue weighted by atomic mass is 9.67. The van der Waals surface area contributed by atoms with E-state index < -0.39 is 5.41 Å². The summed E-state index contributed by atoms with van der Waals surface area (Å²) in [5.41, 5.74) is 17.8. The van der Waals surface area contributed by atoms with Crippen LogP contribution in [0.2, 0.25) is 0 Å². The molecule has 1 heteroatoms. The minimum atomic E-state index is -0.442. The second-order valence-corrected chi connectivity index (χ2v) is 15.6. The van der Waals surface area contributed by atoms with Crippen LogP contribution >= 0.6 is 0 Å². The zero-order valence-electron chi connectivity index (χ0n) is 33.1. The van der Waals surface area contributed by atoms with Crippen molar-refractivity contribution in [3.63, 3.8) is 0 Å². The standard InChI is InChI=1S/C59H41N/c1-4-17-42(18-5-1)43-33-37-49(38-34-43)60(51-26-14-21-46(41-51)53-29-15-20-44-19-10-11-27-52(44)53)50-39-35-45(36-40-50)54-30-16-32-57-58(54)55-28-12-13-31-56(55)59(57,47-22-6-2-7-23-47)48-24-8-3-9-25-48/h1-41H. The highest BCUT2D eigenvalue weighted by Gasteiger charge is 2.46. The summed E-state index contributed by atoms with van der Waals surface area (Å²) in [4.78, 5) is 2.38. The second-order valence-electron chi connectivity index (χ2n) is 15.6. The van der Waals surface area contributed by atoms with Gasteiger partial charge in [-0.3, -0.25) is 0 Å². The molecule has 0 fully saturated rings. The first kappa shape index (κ1) is 35.4. The highest BCUT2D eigenvalue weighted by atomic mass is 15.1. The fourth-order valence-corrected chi connectivity index (χ4v) is 9.69. The molecule has 0 saturated carbocycles. The minimum Gasteiger partial charge on any atom is -0.310 e. The Morgan fingerprint density at radius 2 is 0.767 bits per heavy atom. The molecular weight excluding hydrogens is 723 g/mol. The van der Waals surface area contributed by atoms with Crippen molar-refractivity contribution >= 4 is 27.8 Å². The highest BCUT2D eigenvalue weighted by molar-refractivity contribution is 5.98. The molecule has 0 aromatic heterocycles. The van der Waals surface area contributed by atoms with E-state index in [1.807, 2.05) is 0 Å². The van der Waals surface area contributed by atoms with E-state index in [1.165, 1.54) is 77.5 Å². The first-order chi connectivity index (χ1) is 29.8. The molecule has 11 rings (SSSR count). The molecule has 0 bridgehead atoms. The van der Waals surface area contributed by atoms with Crippen LogP contribution in [0.4, 0.5) is 17.1 Å². The van der Waals surface area contributed by atoms with E-state index >= 15 is 0 Å². The van der Waals surface area contributed by atoms with E-state index in [9.17, 15) is 0 Å². The Labute approximate surface area is 352 Å². The summed E-state index contributed by atoms with van der Waals surface area (Å²) in [6.45, 7) is 0. The molecule has 0 amide bonds. The average molecular weight is 764 g/mol. The van der Waals surface area contributed by atoms with Gasteiger partial charge in [0.25, 0.3) is 0 Å². The molecule has 10 aromatic rings. The lowest BCUT2D eigenvalue weighted by molar-refractivity contribution is 0.768. The van der Waals surface area contributed by atoms with Gasteiger partial charge >= 0.3 is 0 Å². The van der Waals surface area contributed by atoms with Crippen LogP contribution in [0.15, 0.2) is 249 Å². The molecule has 0 N–H and O–H groups in total. The molecule has 0 aliphatic heterocycles. The Morgan fingerprint density at radius 3 is 1.48 bits per heavy atom. The third-order valence-corrected chi connectivity index (χ3v) is 12.4. The van der Waals surface area contributed by atoms with Gasteiger partial charge in [0.1, 0.15) is 0 Å². The van der Waals surface area contributed by atoms with Crippen molar-refractivity contribution in [3.05, 3.63) is 271 Å². The van der Waals surface area contributed by atoms with E-state index in [0.29, 0.717) is 0 Å². The van der Waals surface area contributed by atoms with Gasteiger partial charge in [-0.05, 0) is 114 Å². The SMILES string of the molecule is c1ccc(-c2ccc(N(c3ccc(-c4cccc5c4-c4ccccc4C5(c4ccccc4)c4ccccc4)cc3)c3cccc(-c4cccc5ccccc45)c3)cc2)cc1. The Kier molecular flexibility index (Phi) is 8.79. The van der Waals surface area contributed by atoms with Crippen LogP contribution in [0.1, 0.15) is 22.3 Å². The molecule has 1 aliphatic carbocycles. The fourth-order valence-electron chi connectivity index (χ4n) is 9.69. The first-order valence-electron chi connectivity index (χ1n) is 20.8. The first-order valence-corrected chi connectivity index (χ1v) is 20.8. The fraction of sp³-hybridized carbons (Fsp3) is 0.0169. The summed E-state index contributed by atoms with van der Waals surface area (Å²) < 4.78 is 0. The van der Waals surface area contributed by atoms with Gasteiger partial charge in [-0.25, -0.2) is 0 Å². The summed E-state index contributed by atoms with van der Waals surface area (Å²) >= 11 is 0. The Morgan fingerprint density at radius 1 is 0.283 bits per heavy atom. The van der Waals surface area contributed by atoms with E-state index in [2.05, 4.69) is 254 Å². The predicted molar refractivity (Wildman–Crippen MR) is 252 cm³/mol. The number of hydrogen-bond acceptors (Lipinski definition) is 1. The molecule has 0 saturated heterocycles. The predicted octanol–water partition coefficient (Wildman–Crippen LogP) is 15.7. The maximum atomic E-state index is 2.38. The third kappa shape index (κ3) is 5.86. The summed E-state index contributed by atoms with van der Waals surface area (Å²) in [6.07, 6.45) is 0. The Hall–Kier alpha value is -7.74. The molecule has 0 unspecified atom stereocenters. The number of fused-ring (bicyclic) bond motifs is 4. The number of anilines is 3. The summed E-state index contributed by atoms with van der Waals surface area (Å²) in [5.74, 6) is 0. The number of hydrogen-bond donors (Lipinski definition) is 0. The van der Waals surface area contributed by atoms with Crippen LogP contribution in [0.3, 0.4) is 0 Å². The monoisotopic (exact) mass is 763 g/mol. The van der Waals surface area contributed by atoms with Gasteiger partial charge in [0.15, 0.2) is 0 Å². The molecule has 0 radical (unpaired) electrons. The zero-order valence-corrected chi connectivity index (χ0v) is 33.1. The maximum Gasteiger partial charge on any atom is 0.0713 e. The second kappa shape index (κ2) is 14.9. The Balaban J connectivity index is 1.05. The molecule has 0 atom stereocenters. The Bertz CT molecular complexity index is 3070. The summed E-state index contributed by atoms with van der Waals surface area (Å²) in [5, 5.41) is 2.49. The van der Waals surface area contributed by atoms with Gasteiger partial charge in [0, 0.05) is 17.1 Å². The molecular formula is C59H41N. The smallest absolute Gasteiger partial charge is 0.0713 e. The normalized spacial score (nSPS) is 12.5. The van der Waals surface area contributed by atoms with E-state index in [-0.39, 0.29) is 0 Å². The van der Waals surface area contributed by atoms with Crippen molar-refractivity contribution in [2.24, 2.45) is 0 Å². The van der Waals surface area contributed by atoms with Crippen molar-refractivity contribution in [2.75, 3.05) is 4.90 Å². The zero-order chi connectivity index (χ0) is 39.9. The van der Waals surface area contributed by atoms with Gasteiger partial charge in [0.05, 0.1) is 5.41 Å². The van der Waals surface area contributed by atoms with Gasteiger partial charge in [0.2, 0.25) is 0 Å². The van der Waals surface area contributed by atoms with Crippen molar-refractivity contribution in [1.29, 1.82) is 0 Å². The lowest BCUT2D eigenvalue weighted by Gasteiger charge is -2.34. The van der Waals surface area contributed by atoms with Crippen LogP contribution in [-0.4, -0.2) is 0 Å². The van der Waals surface area contributed by atoms with Crippen molar-refractivity contribution < 1.29 is 0 Å². The van der Waals surface area contributed by atoms with Gasteiger partial charge in [-0.15, -0.1) is 0 Å². The average Bonchev–Trinajstić information content (AvgIpc) is 3.64. The molecule has 60 heavy (non-hydrogen) atoms. The van der Waals surface area contributed by atoms with Crippen LogP contribution in [0.5, 0.6) is 0 Å². The highest BCUT2D eigenvalue weighted by Crippen LogP contribution is 2.58. The largest absolute Gasteiger partial charge is 0.310 e. The van der Waals surface area contributed by atoms with Crippen LogP contribution in [-0.2, 0) is 5.41 Å². The van der Waals surface area contributed by atoms with Gasteiger partial charge in [-0.2, -0.15) is 0 Å². The third-order valence-electron chi connectivity index (χ3n) is 12.4. The number of nitrogens with zero attached hydrogens (tertiary/aromatic N) is 1. The van der Waals surface area contributed by atoms with Gasteiger partial charge in [-0.1, -0.05) is 212 Å². The van der Waals surface area contributed by atoms with Crippen molar-refractivity contribution in [3.8, 4) is 44.5 Å². The molecule has 10 aromatic carbocycles. The molecule has 1 nitrogen and oxygen atoms in total. The van der Waals surface area contributed by atoms with Crippen LogP contribution in [0.25, 0.3) is 55.3 Å². The van der Waals surface area contributed by atoms with E-state index in [4.69, 9.17) is 0 Å². The van der Waals surface area contributed by atoms with Crippen molar-refractivity contribution in [1.82, 2.24) is 0 Å². The maximum absolute atomic E-state index is 2.38. The lowest BCUT2D eigenvalue weighted by Crippen LogP contribution is -2.28. The topological polar surface area (TPSA) is 3.24 Å². The number of rotatable bonds is 8.